The van der Waals surface area contributed by atoms with Gasteiger partial charge in [-0.1, -0.05) is 44.4 Å². The Kier molecular flexibility index (Phi) is 6.85. The van der Waals surface area contributed by atoms with Crippen LogP contribution in [-0.2, 0) is 6.54 Å². The Labute approximate surface area is 134 Å². The number of hydrogen-bond acceptors (Lipinski definition) is 2. The standard InChI is InChI=1S/C18H29ClN2/c1-3-12-20-14-16-17(19)10-8-11-18(16)21-13-7-5-6-9-15(21)4-2/h8,10-11,15,20H,3-7,9,12-14H2,1-2H3. The van der Waals surface area contributed by atoms with Crippen LogP contribution in [-0.4, -0.2) is 19.1 Å². The molecule has 0 aliphatic carbocycles. The first-order valence-electron chi connectivity index (χ1n) is 8.52. The summed E-state index contributed by atoms with van der Waals surface area (Å²) >= 11 is 6.49. The van der Waals surface area contributed by atoms with Crippen LogP contribution in [0.4, 0.5) is 5.69 Å². The molecule has 2 rings (SSSR count). The molecule has 3 heteroatoms. The molecule has 0 spiro atoms. The van der Waals surface area contributed by atoms with E-state index in [1.165, 1.54) is 49.9 Å². The second-order valence-corrected chi connectivity index (χ2v) is 6.43. The number of nitrogens with one attached hydrogen (secondary N) is 1. The predicted octanol–water partition coefficient (Wildman–Crippen LogP) is 5.00. The highest BCUT2D eigenvalue weighted by molar-refractivity contribution is 6.31. The van der Waals surface area contributed by atoms with Crippen molar-refractivity contribution in [1.29, 1.82) is 0 Å². The number of anilines is 1. The second-order valence-electron chi connectivity index (χ2n) is 6.02. The van der Waals surface area contributed by atoms with Crippen molar-refractivity contribution in [1.82, 2.24) is 5.32 Å². The van der Waals surface area contributed by atoms with Crippen LogP contribution in [0.5, 0.6) is 0 Å². The third-order valence-electron chi connectivity index (χ3n) is 4.48. The van der Waals surface area contributed by atoms with Gasteiger partial charge in [-0.2, -0.15) is 0 Å². The molecular formula is C18H29ClN2. The van der Waals surface area contributed by atoms with Crippen molar-refractivity contribution < 1.29 is 0 Å². The van der Waals surface area contributed by atoms with Crippen molar-refractivity contribution in [2.75, 3.05) is 18.0 Å². The van der Waals surface area contributed by atoms with E-state index in [0.717, 1.165) is 24.5 Å². The molecule has 1 aromatic carbocycles. The number of nitrogens with zero attached hydrogens (tertiary/aromatic N) is 1. The van der Waals surface area contributed by atoms with Crippen molar-refractivity contribution in [2.45, 2.75) is 65.0 Å². The smallest absolute Gasteiger partial charge is 0.0471 e. The van der Waals surface area contributed by atoms with Gasteiger partial charge in [0.05, 0.1) is 0 Å². The lowest BCUT2D eigenvalue weighted by Gasteiger charge is -2.33. The fourth-order valence-electron chi connectivity index (χ4n) is 3.30. The van der Waals surface area contributed by atoms with E-state index in [1.54, 1.807) is 0 Å². The summed E-state index contributed by atoms with van der Waals surface area (Å²) in [7, 11) is 0. The Morgan fingerprint density at radius 2 is 2.10 bits per heavy atom. The normalized spacial score (nSPS) is 19.6. The summed E-state index contributed by atoms with van der Waals surface area (Å²) in [4.78, 5) is 2.61. The van der Waals surface area contributed by atoms with Crippen molar-refractivity contribution in [2.24, 2.45) is 0 Å². The van der Waals surface area contributed by atoms with Crippen LogP contribution >= 0.6 is 11.6 Å². The highest BCUT2D eigenvalue weighted by Gasteiger charge is 2.22. The Morgan fingerprint density at radius 3 is 2.86 bits per heavy atom. The fraction of sp³-hybridized carbons (Fsp3) is 0.667. The second kappa shape index (κ2) is 8.65. The van der Waals surface area contributed by atoms with Crippen molar-refractivity contribution in [3.05, 3.63) is 28.8 Å². The summed E-state index contributed by atoms with van der Waals surface area (Å²) in [6, 6.07) is 7.03. The molecule has 21 heavy (non-hydrogen) atoms. The number of hydrogen-bond donors (Lipinski definition) is 1. The zero-order valence-corrected chi connectivity index (χ0v) is 14.3. The van der Waals surface area contributed by atoms with Crippen molar-refractivity contribution in [3.63, 3.8) is 0 Å². The maximum absolute atomic E-state index is 6.49. The predicted molar refractivity (Wildman–Crippen MR) is 93.3 cm³/mol. The van der Waals surface area contributed by atoms with Gasteiger partial charge in [0.25, 0.3) is 0 Å². The molecule has 1 N–H and O–H groups in total. The average molecular weight is 309 g/mol. The lowest BCUT2D eigenvalue weighted by atomic mass is 10.0. The molecule has 1 aliphatic heterocycles. The summed E-state index contributed by atoms with van der Waals surface area (Å²) in [6.45, 7) is 7.59. The topological polar surface area (TPSA) is 15.3 Å². The Morgan fingerprint density at radius 1 is 1.24 bits per heavy atom. The molecule has 0 amide bonds. The first-order valence-corrected chi connectivity index (χ1v) is 8.90. The molecule has 2 nitrogen and oxygen atoms in total. The molecule has 0 saturated carbocycles. The molecule has 0 radical (unpaired) electrons. The molecule has 0 aromatic heterocycles. The van der Waals surface area contributed by atoms with Crippen LogP contribution in [0.25, 0.3) is 0 Å². The highest BCUT2D eigenvalue weighted by Crippen LogP contribution is 2.32. The zero-order valence-electron chi connectivity index (χ0n) is 13.5. The van der Waals surface area contributed by atoms with Gasteiger partial charge in [0, 0.05) is 35.4 Å². The van der Waals surface area contributed by atoms with Gasteiger partial charge in [-0.05, 0) is 44.4 Å². The zero-order chi connectivity index (χ0) is 15.1. The van der Waals surface area contributed by atoms with Gasteiger partial charge in [-0.25, -0.2) is 0 Å². The third kappa shape index (κ3) is 4.37. The lowest BCUT2D eigenvalue weighted by Crippen LogP contribution is -2.35. The van der Waals surface area contributed by atoms with Gasteiger partial charge in [-0.15, -0.1) is 0 Å². The maximum Gasteiger partial charge on any atom is 0.0471 e. The van der Waals surface area contributed by atoms with E-state index in [4.69, 9.17) is 11.6 Å². The molecule has 1 heterocycles. The maximum atomic E-state index is 6.49. The SMILES string of the molecule is CCCNCc1c(Cl)cccc1N1CCCCCC1CC. The van der Waals surface area contributed by atoms with Crippen LogP contribution in [0.3, 0.4) is 0 Å². The summed E-state index contributed by atoms with van der Waals surface area (Å²) in [6.07, 6.45) is 7.70. The van der Waals surface area contributed by atoms with E-state index < -0.39 is 0 Å². The van der Waals surface area contributed by atoms with E-state index in [9.17, 15) is 0 Å². The molecule has 1 fully saturated rings. The molecule has 118 valence electrons. The lowest BCUT2D eigenvalue weighted by molar-refractivity contribution is 0.553. The molecule has 0 bridgehead atoms. The number of benzene rings is 1. The monoisotopic (exact) mass is 308 g/mol. The minimum atomic E-state index is 0.663. The first-order chi connectivity index (χ1) is 10.3. The van der Waals surface area contributed by atoms with Crippen LogP contribution in [0.1, 0.15) is 57.9 Å². The fourth-order valence-corrected chi connectivity index (χ4v) is 3.54. The molecule has 1 unspecified atom stereocenters. The van der Waals surface area contributed by atoms with Crippen LogP contribution in [0.2, 0.25) is 5.02 Å². The minimum absolute atomic E-state index is 0.663. The van der Waals surface area contributed by atoms with E-state index in [1.807, 2.05) is 6.07 Å². The van der Waals surface area contributed by atoms with Gasteiger partial charge in [-0.3, -0.25) is 0 Å². The van der Waals surface area contributed by atoms with Gasteiger partial charge in [0.1, 0.15) is 0 Å². The van der Waals surface area contributed by atoms with Gasteiger partial charge in [0.2, 0.25) is 0 Å². The summed E-state index contributed by atoms with van der Waals surface area (Å²) in [5.74, 6) is 0. The average Bonchev–Trinajstić information content (AvgIpc) is 2.74. The Bertz CT molecular complexity index is 433. The van der Waals surface area contributed by atoms with E-state index in [-0.39, 0.29) is 0 Å². The minimum Gasteiger partial charge on any atom is -0.368 e. The van der Waals surface area contributed by atoms with Crippen molar-refractivity contribution >= 4 is 17.3 Å². The summed E-state index contributed by atoms with van der Waals surface area (Å²) in [5, 5.41) is 4.41. The Hall–Kier alpha value is -0.730. The quantitative estimate of drug-likeness (QED) is 0.744. The van der Waals surface area contributed by atoms with Crippen molar-refractivity contribution in [3.8, 4) is 0 Å². The van der Waals surface area contributed by atoms with Gasteiger partial charge >= 0.3 is 0 Å². The first kappa shape index (κ1) is 16.6. The molecular weight excluding hydrogens is 280 g/mol. The largest absolute Gasteiger partial charge is 0.368 e. The molecule has 1 atom stereocenters. The van der Waals surface area contributed by atoms with Gasteiger partial charge < -0.3 is 10.2 Å². The number of halogens is 1. The van der Waals surface area contributed by atoms with E-state index in [0.29, 0.717) is 6.04 Å². The summed E-state index contributed by atoms with van der Waals surface area (Å²) < 4.78 is 0. The highest BCUT2D eigenvalue weighted by atomic mass is 35.5. The van der Waals surface area contributed by atoms with E-state index in [2.05, 4.69) is 36.2 Å². The van der Waals surface area contributed by atoms with Crippen LogP contribution in [0.15, 0.2) is 18.2 Å². The molecule has 1 aliphatic rings. The third-order valence-corrected chi connectivity index (χ3v) is 4.83. The molecule has 1 saturated heterocycles. The Balaban J connectivity index is 2.25. The van der Waals surface area contributed by atoms with Gasteiger partial charge in [0.15, 0.2) is 0 Å². The number of rotatable bonds is 6. The van der Waals surface area contributed by atoms with Crippen LogP contribution < -0.4 is 10.2 Å². The summed E-state index contributed by atoms with van der Waals surface area (Å²) in [5.41, 5.74) is 2.62. The molecule has 1 aromatic rings. The van der Waals surface area contributed by atoms with Crippen LogP contribution in [0, 0.1) is 0 Å². The van der Waals surface area contributed by atoms with E-state index >= 15 is 0 Å².